The van der Waals surface area contributed by atoms with Crippen LogP contribution in [0.5, 0.6) is 0 Å². The molecule has 5 heteroatoms. The summed E-state index contributed by atoms with van der Waals surface area (Å²) in [7, 11) is 0. The first-order valence-corrected chi connectivity index (χ1v) is 7.46. The van der Waals surface area contributed by atoms with Gasteiger partial charge in [0.2, 0.25) is 5.91 Å². The van der Waals surface area contributed by atoms with Crippen molar-refractivity contribution in [1.82, 2.24) is 5.32 Å². The molecular formula is C16H22N2O3. The van der Waals surface area contributed by atoms with E-state index in [1.807, 2.05) is 31.2 Å². The fourth-order valence-corrected chi connectivity index (χ4v) is 2.58. The van der Waals surface area contributed by atoms with Gasteiger partial charge >= 0.3 is 5.97 Å². The van der Waals surface area contributed by atoms with Crippen LogP contribution in [0.1, 0.15) is 31.7 Å². The predicted molar refractivity (Wildman–Crippen MR) is 81.2 cm³/mol. The van der Waals surface area contributed by atoms with Gasteiger partial charge in [-0.25, -0.2) is 4.79 Å². The number of para-hydroxylation sites is 1. The second kappa shape index (κ2) is 7.11. The van der Waals surface area contributed by atoms with Crippen LogP contribution in [-0.2, 0) is 16.0 Å². The summed E-state index contributed by atoms with van der Waals surface area (Å²) in [4.78, 5) is 23.5. The Kier molecular flexibility index (Phi) is 5.20. The van der Waals surface area contributed by atoms with E-state index in [4.69, 9.17) is 0 Å². The molecule has 0 aromatic heterocycles. The van der Waals surface area contributed by atoms with Crippen LogP contribution in [0, 0.1) is 5.92 Å². The molecule has 0 saturated heterocycles. The summed E-state index contributed by atoms with van der Waals surface area (Å²) in [6.45, 7) is 2.55. The van der Waals surface area contributed by atoms with Crippen molar-refractivity contribution in [2.45, 2.75) is 38.6 Å². The molecule has 0 spiro atoms. The van der Waals surface area contributed by atoms with Gasteiger partial charge in [-0.15, -0.1) is 0 Å². The van der Waals surface area contributed by atoms with E-state index in [1.54, 1.807) is 0 Å². The number of rotatable bonds is 6. The molecule has 0 aliphatic carbocycles. The molecule has 1 heterocycles. The highest BCUT2D eigenvalue weighted by Crippen LogP contribution is 2.24. The third-order valence-corrected chi connectivity index (χ3v) is 3.85. The molecule has 2 atom stereocenters. The van der Waals surface area contributed by atoms with Crippen LogP contribution in [-0.4, -0.2) is 29.6 Å². The normalized spacial score (nSPS) is 18.2. The summed E-state index contributed by atoms with van der Waals surface area (Å²) in [6.07, 6.45) is 2.84. The molecular weight excluding hydrogens is 268 g/mol. The van der Waals surface area contributed by atoms with Gasteiger partial charge in [-0.3, -0.25) is 4.79 Å². The molecule has 0 bridgehead atoms. The van der Waals surface area contributed by atoms with Crippen LogP contribution in [0.4, 0.5) is 5.69 Å². The van der Waals surface area contributed by atoms with Gasteiger partial charge in [0.05, 0.1) is 5.92 Å². The molecule has 1 aliphatic rings. The maximum atomic E-state index is 12.3. The fourth-order valence-electron chi connectivity index (χ4n) is 2.58. The number of nitrogens with one attached hydrogen (secondary N) is 2. The minimum Gasteiger partial charge on any atom is -0.480 e. The van der Waals surface area contributed by atoms with Crippen LogP contribution >= 0.6 is 0 Å². The number of aliphatic carboxylic acids is 1. The molecule has 1 aliphatic heterocycles. The number of hydrogen-bond donors (Lipinski definition) is 3. The van der Waals surface area contributed by atoms with Crippen molar-refractivity contribution in [3.63, 3.8) is 0 Å². The fraction of sp³-hybridized carbons (Fsp3) is 0.500. The number of fused-ring (bicyclic) bond motifs is 1. The lowest BCUT2D eigenvalue weighted by molar-refractivity contribution is -0.142. The van der Waals surface area contributed by atoms with E-state index in [9.17, 15) is 14.7 Å². The van der Waals surface area contributed by atoms with E-state index in [2.05, 4.69) is 10.6 Å². The average molecular weight is 290 g/mol. The lowest BCUT2D eigenvalue weighted by atomic mass is 9.93. The van der Waals surface area contributed by atoms with Gasteiger partial charge < -0.3 is 15.7 Å². The minimum absolute atomic E-state index is 0.180. The van der Waals surface area contributed by atoms with Gasteiger partial charge in [0.25, 0.3) is 0 Å². The number of hydrogen-bond acceptors (Lipinski definition) is 3. The quantitative estimate of drug-likeness (QED) is 0.749. The number of carboxylic acid groups (broad SMARTS) is 1. The Balaban J connectivity index is 1.96. The van der Waals surface area contributed by atoms with Gasteiger partial charge in [0.1, 0.15) is 6.04 Å². The van der Waals surface area contributed by atoms with Crippen molar-refractivity contribution < 1.29 is 14.7 Å². The lowest BCUT2D eigenvalue weighted by Gasteiger charge is -2.26. The summed E-state index contributed by atoms with van der Waals surface area (Å²) < 4.78 is 0. The van der Waals surface area contributed by atoms with E-state index in [0.717, 1.165) is 24.1 Å². The molecule has 0 radical (unpaired) electrons. The van der Waals surface area contributed by atoms with Crippen LogP contribution in [0.15, 0.2) is 24.3 Å². The molecule has 21 heavy (non-hydrogen) atoms. The van der Waals surface area contributed by atoms with Gasteiger partial charge in [-0.2, -0.15) is 0 Å². The van der Waals surface area contributed by atoms with Crippen LogP contribution in [0.3, 0.4) is 0 Å². The molecule has 0 saturated carbocycles. The molecule has 3 N–H and O–H groups in total. The Labute approximate surface area is 124 Å². The molecule has 2 unspecified atom stereocenters. The topological polar surface area (TPSA) is 78.4 Å². The Morgan fingerprint density at radius 3 is 2.90 bits per heavy atom. The standard InChI is InChI=1S/C16H22N2O3/c1-2-3-7-14(16(20)21)18-15(19)12-9-11-6-4-5-8-13(11)17-10-12/h4-6,8,12,14,17H,2-3,7,9-10H2,1H3,(H,18,19)(H,20,21). The predicted octanol–water partition coefficient (Wildman–Crippen LogP) is 2.03. The monoisotopic (exact) mass is 290 g/mol. The Morgan fingerprint density at radius 1 is 1.43 bits per heavy atom. The molecule has 1 aromatic carbocycles. The second-order valence-electron chi connectivity index (χ2n) is 5.48. The average Bonchev–Trinajstić information content (AvgIpc) is 2.50. The first-order valence-electron chi connectivity index (χ1n) is 7.46. The first-order chi connectivity index (χ1) is 10.1. The number of amides is 1. The number of carbonyl (C=O) groups is 2. The molecule has 2 rings (SSSR count). The molecule has 114 valence electrons. The summed E-state index contributed by atoms with van der Waals surface area (Å²) >= 11 is 0. The summed E-state index contributed by atoms with van der Waals surface area (Å²) in [5, 5.41) is 15.1. The summed E-state index contributed by atoms with van der Waals surface area (Å²) in [5.74, 6) is -1.36. The maximum Gasteiger partial charge on any atom is 0.326 e. The van der Waals surface area contributed by atoms with E-state index < -0.39 is 12.0 Å². The minimum atomic E-state index is -0.957. The van der Waals surface area contributed by atoms with Crippen molar-refractivity contribution >= 4 is 17.6 Å². The van der Waals surface area contributed by atoms with Gasteiger partial charge in [-0.05, 0) is 24.5 Å². The zero-order valence-corrected chi connectivity index (χ0v) is 12.3. The van der Waals surface area contributed by atoms with Crippen molar-refractivity contribution in [1.29, 1.82) is 0 Å². The largest absolute Gasteiger partial charge is 0.480 e. The zero-order valence-electron chi connectivity index (χ0n) is 12.3. The lowest BCUT2D eigenvalue weighted by Crippen LogP contribution is -2.46. The van der Waals surface area contributed by atoms with Crippen molar-refractivity contribution in [2.24, 2.45) is 5.92 Å². The number of benzene rings is 1. The van der Waals surface area contributed by atoms with Gasteiger partial charge in [-0.1, -0.05) is 38.0 Å². The third-order valence-electron chi connectivity index (χ3n) is 3.85. The summed E-state index contributed by atoms with van der Waals surface area (Å²) in [6, 6.07) is 7.10. The van der Waals surface area contributed by atoms with Crippen molar-refractivity contribution in [3.8, 4) is 0 Å². The van der Waals surface area contributed by atoms with Crippen molar-refractivity contribution in [2.75, 3.05) is 11.9 Å². The van der Waals surface area contributed by atoms with E-state index >= 15 is 0 Å². The smallest absolute Gasteiger partial charge is 0.326 e. The van der Waals surface area contributed by atoms with Crippen LogP contribution in [0.25, 0.3) is 0 Å². The van der Waals surface area contributed by atoms with Gasteiger partial charge in [0.15, 0.2) is 0 Å². The third kappa shape index (κ3) is 3.97. The molecule has 1 aromatic rings. The number of unbranched alkanes of at least 4 members (excludes halogenated alkanes) is 1. The van der Waals surface area contributed by atoms with E-state index in [0.29, 0.717) is 19.4 Å². The highest BCUT2D eigenvalue weighted by Gasteiger charge is 2.27. The Hall–Kier alpha value is -2.04. The Bertz CT molecular complexity index is 516. The number of anilines is 1. The number of carboxylic acids is 1. The highest BCUT2D eigenvalue weighted by molar-refractivity contribution is 5.86. The van der Waals surface area contributed by atoms with Gasteiger partial charge in [0, 0.05) is 12.2 Å². The SMILES string of the molecule is CCCCC(NC(=O)C1CNc2ccccc2C1)C(=O)O. The van der Waals surface area contributed by atoms with E-state index in [1.165, 1.54) is 0 Å². The van der Waals surface area contributed by atoms with Crippen molar-refractivity contribution in [3.05, 3.63) is 29.8 Å². The molecule has 5 nitrogen and oxygen atoms in total. The zero-order chi connectivity index (χ0) is 15.2. The van der Waals surface area contributed by atoms with E-state index in [-0.39, 0.29) is 11.8 Å². The first kappa shape index (κ1) is 15.4. The van der Waals surface area contributed by atoms with Crippen LogP contribution in [0.2, 0.25) is 0 Å². The highest BCUT2D eigenvalue weighted by atomic mass is 16.4. The molecule has 0 fully saturated rings. The Morgan fingerprint density at radius 2 is 2.19 bits per heavy atom. The maximum absolute atomic E-state index is 12.3. The second-order valence-corrected chi connectivity index (χ2v) is 5.48. The van der Waals surface area contributed by atoms with Crippen LogP contribution < -0.4 is 10.6 Å². The number of carbonyl (C=O) groups excluding carboxylic acids is 1. The molecule has 1 amide bonds. The summed E-state index contributed by atoms with van der Waals surface area (Å²) in [5.41, 5.74) is 2.16.